The maximum absolute atomic E-state index is 9.90. The molecule has 106 valence electrons. The molecule has 1 aliphatic heterocycles. The number of nitrogens with zero attached hydrogens (tertiary/aromatic N) is 1. The van der Waals surface area contributed by atoms with Crippen LogP contribution in [0.15, 0.2) is 0 Å². The van der Waals surface area contributed by atoms with E-state index in [9.17, 15) is 5.11 Å². The highest BCUT2D eigenvalue weighted by Crippen LogP contribution is 2.37. The number of rotatable bonds is 3. The number of hydrogen-bond acceptors (Lipinski definition) is 3. The summed E-state index contributed by atoms with van der Waals surface area (Å²) in [6.45, 7) is 8.59. The minimum absolute atomic E-state index is 0.203. The number of thioether (sulfide) groups is 1. The molecule has 2 aliphatic rings. The van der Waals surface area contributed by atoms with Crippen molar-refractivity contribution in [3.05, 3.63) is 0 Å². The SMILES string of the molecule is CC1(C)CN(CC2(CO)CCCCCC2)CCS1. The second-order valence-corrected chi connectivity index (χ2v) is 8.69. The van der Waals surface area contributed by atoms with Crippen LogP contribution in [-0.4, -0.2) is 46.7 Å². The van der Waals surface area contributed by atoms with Crippen LogP contribution in [0.4, 0.5) is 0 Å². The predicted octanol–water partition coefficient (Wildman–Crippen LogP) is 3.15. The zero-order chi connectivity index (χ0) is 13.1. The quantitative estimate of drug-likeness (QED) is 0.798. The fraction of sp³-hybridized carbons (Fsp3) is 1.00. The second kappa shape index (κ2) is 6.15. The molecular weight excluding hydrogens is 242 g/mol. The van der Waals surface area contributed by atoms with Gasteiger partial charge in [-0.15, -0.1) is 0 Å². The molecular formula is C15H29NOS. The van der Waals surface area contributed by atoms with E-state index in [0.29, 0.717) is 11.4 Å². The van der Waals surface area contributed by atoms with Gasteiger partial charge in [0, 0.05) is 42.2 Å². The van der Waals surface area contributed by atoms with Crippen molar-refractivity contribution < 1.29 is 5.11 Å². The molecule has 2 nitrogen and oxygen atoms in total. The van der Waals surface area contributed by atoms with E-state index in [2.05, 4.69) is 30.5 Å². The van der Waals surface area contributed by atoms with E-state index in [1.165, 1.54) is 57.4 Å². The third-order valence-electron chi connectivity index (χ3n) is 4.56. The lowest BCUT2D eigenvalue weighted by molar-refractivity contribution is 0.0575. The van der Waals surface area contributed by atoms with Gasteiger partial charge in [0.25, 0.3) is 0 Å². The van der Waals surface area contributed by atoms with Gasteiger partial charge >= 0.3 is 0 Å². The highest BCUT2D eigenvalue weighted by molar-refractivity contribution is 8.00. The standard InChI is InChI=1S/C15H29NOS/c1-14(2)11-16(9-10-18-14)12-15(13-17)7-5-3-4-6-8-15/h17H,3-13H2,1-2H3. The van der Waals surface area contributed by atoms with Crippen LogP contribution in [0.3, 0.4) is 0 Å². The van der Waals surface area contributed by atoms with Crippen molar-refractivity contribution in [2.24, 2.45) is 5.41 Å². The lowest BCUT2D eigenvalue weighted by atomic mass is 9.80. The van der Waals surface area contributed by atoms with Gasteiger partial charge in [0.1, 0.15) is 0 Å². The Morgan fingerprint density at radius 3 is 2.33 bits per heavy atom. The minimum Gasteiger partial charge on any atom is -0.396 e. The van der Waals surface area contributed by atoms with Crippen LogP contribution in [-0.2, 0) is 0 Å². The average Bonchev–Trinajstić information content (AvgIpc) is 2.54. The van der Waals surface area contributed by atoms with Crippen molar-refractivity contribution in [3.8, 4) is 0 Å². The number of hydrogen-bond donors (Lipinski definition) is 1. The zero-order valence-electron chi connectivity index (χ0n) is 12.1. The normalized spacial score (nSPS) is 28.8. The largest absolute Gasteiger partial charge is 0.396 e. The summed E-state index contributed by atoms with van der Waals surface area (Å²) in [6.07, 6.45) is 7.81. The van der Waals surface area contributed by atoms with Gasteiger partial charge < -0.3 is 10.0 Å². The lowest BCUT2D eigenvalue weighted by Gasteiger charge is -2.43. The van der Waals surface area contributed by atoms with E-state index in [4.69, 9.17) is 0 Å². The molecule has 0 amide bonds. The minimum atomic E-state index is 0.203. The summed E-state index contributed by atoms with van der Waals surface area (Å²) in [4.78, 5) is 2.61. The molecule has 0 atom stereocenters. The maximum atomic E-state index is 9.90. The molecule has 1 aliphatic carbocycles. The van der Waals surface area contributed by atoms with Gasteiger partial charge in [-0.1, -0.05) is 25.7 Å². The summed E-state index contributed by atoms with van der Waals surface area (Å²) in [5.74, 6) is 1.24. The van der Waals surface area contributed by atoms with Crippen LogP contribution < -0.4 is 0 Å². The summed E-state index contributed by atoms with van der Waals surface area (Å²) < 4.78 is 0.389. The fourth-order valence-corrected chi connectivity index (χ4v) is 4.74. The first kappa shape index (κ1) is 14.7. The Balaban J connectivity index is 1.96. The summed E-state index contributed by atoms with van der Waals surface area (Å²) in [7, 11) is 0. The molecule has 18 heavy (non-hydrogen) atoms. The summed E-state index contributed by atoms with van der Waals surface area (Å²) in [5.41, 5.74) is 0.203. The van der Waals surface area contributed by atoms with E-state index >= 15 is 0 Å². The Morgan fingerprint density at radius 2 is 1.78 bits per heavy atom. The Hall–Kier alpha value is 0.270. The van der Waals surface area contributed by atoms with E-state index in [-0.39, 0.29) is 5.41 Å². The molecule has 1 saturated carbocycles. The molecule has 0 aromatic rings. The molecule has 0 spiro atoms. The fourth-order valence-electron chi connectivity index (χ4n) is 3.57. The van der Waals surface area contributed by atoms with Crippen LogP contribution >= 0.6 is 11.8 Å². The third-order valence-corrected chi connectivity index (χ3v) is 5.86. The smallest absolute Gasteiger partial charge is 0.0499 e. The van der Waals surface area contributed by atoms with Gasteiger partial charge in [0.05, 0.1) is 0 Å². The molecule has 0 aromatic heterocycles. The second-order valence-electron chi connectivity index (χ2n) is 6.89. The molecule has 3 heteroatoms. The van der Waals surface area contributed by atoms with Gasteiger partial charge in [-0.05, 0) is 26.7 Å². The Kier molecular flexibility index (Phi) is 5.01. The first-order valence-corrected chi connectivity index (χ1v) is 8.51. The van der Waals surface area contributed by atoms with Gasteiger partial charge in [0.2, 0.25) is 0 Å². The van der Waals surface area contributed by atoms with Gasteiger partial charge in [-0.3, -0.25) is 0 Å². The Bertz CT molecular complexity index is 259. The summed E-state index contributed by atoms with van der Waals surface area (Å²) >= 11 is 2.09. The molecule has 0 bridgehead atoms. The van der Waals surface area contributed by atoms with Crippen molar-refractivity contribution in [1.29, 1.82) is 0 Å². The molecule has 1 heterocycles. The third kappa shape index (κ3) is 3.88. The van der Waals surface area contributed by atoms with Gasteiger partial charge in [0.15, 0.2) is 0 Å². The number of aliphatic hydroxyl groups excluding tert-OH is 1. The van der Waals surface area contributed by atoms with E-state index in [0.717, 1.165) is 6.54 Å². The highest BCUT2D eigenvalue weighted by atomic mass is 32.2. The molecule has 1 N–H and O–H groups in total. The Morgan fingerprint density at radius 1 is 1.11 bits per heavy atom. The average molecular weight is 271 g/mol. The van der Waals surface area contributed by atoms with Crippen molar-refractivity contribution in [1.82, 2.24) is 4.90 Å². The van der Waals surface area contributed by atoms with E-state index in [1.54, 1.807) is 0 Å². The molecule has 0 unspecified atom stereocenters. The van der Waals surface area contributed by atoms with Gasteiger partial charge in [-0.25, -0.2) is 0 Å². The maximum Gasteiger partial charge on any atom is 0.0499 e. The van der Waals surface area contributed by atoms with Crippen molar-refractivity contribution in [3.63, 3.8) is 0 Å². The van der Waals surface area contributed by atoms with Crippen molar-refractivity contribution in [2.75, 3.05) is 32.0 Å². The first-order valence-electron chi connectivity index (χ1n) is 7.53. The van der Waals surface area contributed by atoms with Crippen LogP contribution in [0, 0.1) is 5.41 Å². The van der Waals surface area contributed by atoms with Crippen molar-refractivity contribution in [2.45, 2.75) is 57.1 Å². The Labute approximate surface area is 117 Å². The number of aliphatic hydroxyl groups is 1. The lowest BCUT2D eigenvalue weighted by Crippen LogP contribution is -2.48. The van der Waals surface area contributed by atoms with Crippen LogP contribution in [0.1, 0.15) is 52.4 Å². The monoisotopic (exact) mass is 271 g/mol. The molecule has 2 fully saturated rings. The van der Waals surface area contributed by atoms with E-state index < -0.39 is 0 Å². The molecule has 1 saturated heterocycles. The van der Waals surface area contributed by atoms with Crippen molar-refractivity contribution >= 4 is 11.8 Å². The van der Waals surface area contributed by atoms with Gasteiger partial charge in [-0.2, -0.15) is 11.8 Å². The first-order chi connectivity index (χ1) is 8.55. The zero-order valence-corrected chi connectivity index (χ0v) is 12.9. The van der Waals surface area contributed by atoms with Crippen LogP contribution in [0.2, 0.25) is 0 Å². The summed E-state index contributed by atoms with van der Waals surface area (Å²) in [5, 5.41) is 9.90. The highest BCUT2D eigenvalue weighted by Gasteiger charge is 2.35. The molecule has 0 radical (unpaired) electrons. The van der Waals surface area contributed by atoms with Crippen LogP contribution in [0.25, 0.3) is 0 Å². The predicted molar refractivity (Wildman–Crippen MR) is 80.2 cm³/mol. The molecule has 2 rings (SSSR count). The van der Waals surface area contributed by atoms with E-state index in [1.807, 2.05) is 0 Å². The topological polar surface area (TPSA) is 23.5 Å². The van der Waals surface area contributed by atoms with Crippen LogP contribution in [0.5, 0.6) is 0 Å². The molecule has 0 aromatic carbocycles. The summed E-state index contributed by atoms with van der Waals surface area (Å²) in [6, 6.07) is 0.